The van der Waals surface area contributed by atoms with Crippen LogP contribution in [-0.2, 0) is 0 Å². The van der Waals surface area contributed by atoms with Crippen LogP contribution in [0.15, 0.2) is 78.2 Å². The van der Waals surface area contributed by atoms with Gasteiger partial charge in [-0.3, -0.25) is 30.6 Å². The Balaban J connectivity index is 2.06. The predicted octanol–water partition coefficient (Wildman–Crippen LogP) is 3.76. The van der Waals surface area contributed by atoms with Gasteiger partial charge in [0.2, 0.25) is 0 Å². The quantitative estimate of drug-likeness (QED) is 0.404. The molecule has 1 N–H and O–H groups in total. The molecule has 0 aliphatic carbocycles. The molecular formula is C18H13N5O4. The molecule has 0 saturated carbocycles. The summed E-state index contributed by atoms with van der Waals surface area (Å²) in [5.41, 5.74) is 3.96. The van der Waals surface area contributed by atoms with Gasteiger partial charge in [-0.25, -0.2) is 0 Å². The normalized spacial score (nSPS) is 11.0. The number of rotatable bonds is 6. The summed E-state index contributed by atoms with van der Waals surface area (Å²) >= 11 is 0. The van der Waals surface area contributed by atoms with Crippen molar-refractivity contribution in [3.63, 3.8) is 0 Å². The summed E-state index contributed by atoms with van der Waals surface area (Å²) in [4.78, 5) is 24.9. The minimum atomic E-state index is -0.629. The molecule has 0 bridgehead atoms. The molecule has 9 nitrogen and oxygen atoms in total. The van der Waals surface area contributed by atoms with Crippen LogP contribution in [0.25, 0.3) is 0 Å². The fourth-order valence-electron chi connectivity index (χ4n) is 2.40. The predicted molar refractivity (Wildman–Crippen MR) is 99.7 cm³/mol. The number of nitrogens with one attached hydrogen (secondary N) is 1. The fourth-order valence-corrected chi connectivity index (χ4v) is 2.40. The molecule has 0 radical (unpaired) electrons. The average Bonchev–Trinajstić information content (AvgIpc) is 2.69. The molecule has 0 aliphatic heterocycles. The third kappa shape index (κ3) is 4.10. The van der Waals surface area contributed by atoms with E-state index in [0.717, 1.165) is 29.3 Å². The highest BCUT2D eigenvalue weighted by molar-refractivity contribution is 6.13. The first kappa shape index (κ1) is 17.7. The second-order valence-corrected chi connectivity index (χ2v) is 5.39. The van der Waals surface area contributed by atoms with E-state index in [9.17, 15) is 20.2 Å². The Morgan fingerprint density at radius 1 is 0.889 bits per heavy atom. The van der Waals surface area contributed by atoms with Crippen molar-refractivity contribution in [1.82, 2.24) is 4.98 Å². The second kappa shape index (κ2) is 7.83. The standard InChI is InChI=1S/C18H13N5O4/c24-22(25)15-6-7-17(23(26)27)16(12-15)20-21-18(13-4-2-1-3-5-13)14-8-10-19-11-9-14/h1-12,20H/b21-18-. The highest BCUT2D eigenvalue weighted by Gasteiger charge is 2.18. The number of nitro groups is 2. The Hall–Kier alpha value is -4.14. The summed E-state index contributed by atoms with van der Waals surface area (Å²) in [5, 5.41) is 26.5. The number of nitrogens with zero attached hydrogens (tertiary/aromatic N) is 4. The molecule has 1 aromatic heterocycles. The molecule has 0 unspecified atom stereocenters. The molecule has 0 aliphatic rings. The van der Waals surface area contributed by atoms with Gasteiger partial charge in [-0.05, 0) is 12.1 Å². The van der Waals surface area contributed by atoms with Gasteiger partial charge in [0.15, 0.2) is 0 Å². The highest BCUT2D eigenvalue weighted by atomic mass is 16.6. The van der Waals surface area contributed by atoms with Crippen molar-refractivity contribution in [2.24, 2.45) is 5.10 Å². The summed E-state index contributed by atoms with van der Waals surface area (Å²) in [6, 6.07) is 15.9. The van der Waals surface area contributed by atoms with Crippen LogP contribution in [0.5, 0.6) is 0 Å². The average molecular weight is 363 g/mol. The zero-order valence-corrected chi connectivity index (χ0v) is 13.9. The molecule has 1 heterocycles. The van der Waals surface area contributed by atoms with Crippen molar-refractivity contribution in [2.75, 3.05) is 5.43 Å². The number of aromatic nitrogens is 1. The minimum absolute atomic E-state index is 0.0725. The van der Waals surface area contributed by atoms with E-state index in [2.05, 4.69) is 15.5 Å². The second-order valence-electron chi connectivity index (χ2n) is 5.39. The lowest BCUT2D eigenvalue weighted by Gasteiger charge is -2.08. The number of nitro benzene ring substituents is 2. The van der Waals surface area contributed by atoms with E-state index in [-0.39, 0.29) is 17.1 Å². The van der Waals surface area contributed by atoms with Gasteiger partial charge in [0, 0.05) is 41.7 Å². The van der Waals surface area contributed by atoms with Crippen molar-refractivity contribution in [3.8, 4) is 0 Å². The van der Waals surface area contributed by atoms with Crippen molar-refractivity contribution in [3.05, 3.63) is 104 Å². The topological polar surface area (TPSA) is 124 Å². The van der Waals surface area contributed by atoms with Gasteiger partial charge < -0.3 is 0 Å². The van der Waals surface area contributed by atoms with Crippen molar-refractivity contribution < 1.29 is 9.85 Å². The third-order valence-electron chi connectivity index (χ3n) is 3.68. The maximum Gasteiger partial charge on any atom is 0.294 e. The van der Waals surface area contributed by atoms with Gasteiger partial charge >= 0.3 is 0 Å². The zero-order valence-electron chi connectivity index (χ0n) is 13.9. The summed E-state index contributed by atoms with van der Waals surface area (Å²) in [6.45, 7) is 0. The molecule has 0 saturated heterocycles. The van der Waals surface area contributed by atoms with Gasteiger partial charge in [-0.15, -0.1) is 0 Å². The van der Waals surface area contributed by atoms with E-state index in [1.54, 1.807) is 24.5 Å². The van der Waals surface area contributed by atoms with E-state index in [4.69, 9.17) is 0 Å². The van der Waals surface area contributed by atoms with Crippen molar-refractivity contribution in [2.45, 2.75) is 0 Å². The monoisotopic (exact) mass is 363 g/mol. The molecule has 0 atom stereocenters. The van der Waals surface area contributed by atoms with Gasteiger partial charge in [0.25, 0.3) is 11.4 Å². The van der Waals surface area contributed by atoms with Crippen molar-refractivity contribution >= 4 is 22.8 Å². The highest BCUT2D eigenvalue weighted by Crippen LogP contribution is 2.29. The van der Waals surface area contributed by atoms with E-state index >= 15 is 0 Å². The third-order valence-corrected chi connectivity index (χ3v) is 3.68. The number of hydrazone groups is 1. The maximum atomic E-state index is 11.2. The Morgan fingerprint density at radius 2 is 1.56 bits per heavy atom. The summed E-state index contributed by atoms with van der Waals surface area (Å²) in [7, 11) is 0. The summed E-state index contributed by atoms with van der Waals surface area (Å²) in [5.74, 6) is 0. The van der Waals surface area contributed by atoms with Gasteiger partial charge in [-0.2, -0.15) is 5.10 Å². The first-order valence-corrected chi connectivity index (χ1v) is 7.78. The fraction of sp³-hybridized carbons (Fsp3) is 0. The van der Waals surface area contributed by atoms with Crippen LogP contribution in [0.1, 0.15) is 11.1 Å². The molecule has 0 spiro atoms. The lowest BCUT2D eigenvalue weighted by atomic mass is 10.0. The first-order valence-electron chi connectivity index (χ1n) is 7.78. The van der Waals surface area contributed by atoms with Crippen LogP contribution in [0.2, 0.25) is 0 Å². The Bertz CT molecular complexity index is 965. The van der Waals surface area contributed by atoms with E-state index < -0.39 is 9.85 Å². The van der Waals surface area contributed by atoms with Crippen LogP contribution in [0.3, 0.4) is 0 Å². The first-order chi connectivity index (χ1) is 13.1. The minimum Gasteiger partial charge on any atom is -0.271 e. The van der Waals surface area contributed by atoms with Crippen LogP contribution in [0.4, 0.5) is 17.1 Å². The summed E-state index contributed by atoms with van der Waals surface area (Å²) in [6.07, 6.45) is 3.20. The SMILES string of the molecule is O=[N+]([O-])c1ccc([N+](=O)[O-])c(N/N=C(/c2ccccc2)c2ccncc2)c1. The van der Waals surface area contributed by atoms with Gasteiger partial charge in [-0.1, -0.05) is 30.3 Å². The van der Waals surface area contributed by atoms with E-state index in [1.807, 2.05) is 30.3 Å². The molecule has 0 fully saturated rings. The number of hydrogen-bond acceptors (Lipinski definition) is 7. The Kier molecular flexibility index (Phi) is 5.12. The number of hydrogen-bond donors (Lipinski definition) is 1. The van der Waals surface area contributed by atoms with Gasteiger partial charge in [0.05, 0.1) is 15.6 Å². The lowest BCUT2D eigenvalue weighted by Crippen LogP contribution is -2.07. The molecule has 27 heavy (non-hydrogen) atoms. The maximum absolute atomic E-state index is 11.2. The number of benzene rings is 2. The lowest BCUT2D eigenvalue weighted by molar-refractivity contribution is -0.388. The summed E-state index contributed by atoms with van der Waals surface area (Å²) < 4.78 is 0. The van der Waals surface area contributed by atoms with Crippen LogP contribution in [-0.4, -0.2) is 20.5 Å². The van der Waals surface area contributed by atoms with Crippen LogP contribution < -0.4 is 5.43 Å². The van der Waals surface area contributed by atoms with Gasteiger partial charge in [0.1, 0.15) is 5.69 Å². The van der Waals surface area contributed by atoms with Crippen molar-refractivity contribution in [1.29, 1.82) is 0 Å². The Morgan fingerprint density at radius 3 is 2.19 bits per heavy atom. The number of pyridine rings is 1. The van der Waals surface area contributed by atoms with Crippen LogP contribution >= 0.6 is 0 Å². The Labute approximate surface area is 153 Å². The molecular weight excluding hydrogens is 350 g/mol. The molecule has 2 aromatic carbocycles. The number of non-ortho nitro benzene ring substituents is 1. The van der Waals surface area contributed by atoms with E-state index in [0.29, 0.717) is 5.71 Å². The molecule has 9 heteroatoms. The number of anilines is 1. The molecule has 3 rings (SSSR count). The smallest absolute Gasteiger partial charge is 0.271 e. The van der Waals surface area contributed by atoms with Crippen LogP contribution in [0, 0.1) is 20.2 Å². The molecule has 3 aromatic rings. The molecule has 134 valence electrons. The largest absolute Gasteiger partial charge is 0.294 e. The zero-order chi connectivity index (χ0) is 19.2. The van der Waals surface area contributed by atoms with E-state index in [1.165, 1.54) is 0 Å². The molecule has 0 amide bonds.